The number of hydrogen-bond donors (Lipinski definition) is 1. The summed E-state index contributed by atoms with van der Waals surface area (Å²) in [6.45, 7) is 7.08. The summed E-state index contributed by atoms with van der Waals surface area (Å²) in [7, 11) is 0. The van der Waals surface area contributed by atoms with Crippen LogP contribution in [0.25, 0.3) is 0 Å². The van der Waals surface area contributed by atoms with Crippen LogP contribution in [-0.4, -0.2) is 37.8 Å². The van der Waals surface area contributed by atoms with E-state index in [0.717, 1.165) is 12.5 Å². The second-order valence-electron chi connectivity index (χ2n) is 4.70. The maximum Gasteiger partial charge on any atom is 0.292 e. The van der Waals surface area contributed by atoms with Gasteiger partial charge in [-0.25, -0.2) is 9.38 Å². The van der Waals surface area contributed by atoms with Gasteiger partial charge in [0.15, 0.2) is 0 Å². The zero-order valence-electron chi connectivity index (χ0n) is 13.3. The Morgan fingerprint density at radius 3 is 2.77 bits per heavy atom. The molecule has 22 heavy (non-hydrogen) atoms. The smallest absolute Gasteiger partial charge is 0.292 e. The van der Waals surface area contributed by atoms with E-state index in [1.54, 1.807) is 0 Å². The number of ether oxygens (including phenoxy) is 2. The van der Waals surface area contributed by atoms with Crippen molar-refractivity contribution in [3.63, 3.8) is 0 Å². The Kier molecular flexibility index (Phi) is 8.14. The zero-order chi connectivity index (χ0) is 16.4. The van der Waals surface area contributed by atoms with Crippen LogP contribution < -0.4 is 5.32 Å². The van der Waals surface area contributed by atoms with Gasteiger partial charge in [-0.3, -0.25) is 10.1 Å². The number of amidine groups is 1. The number of carbonyl (C=O) groups excluding carboxylic acids is 1. The van der Waals surface area contributed by atoms with Gasteiger partial charge in [-0.05, 0) is 38.5 Å². The highest BCUT2D eigenvalue weighted by Crippen LogP contribution is 2.04. The molecule has 0 fully saturated rings. The van der Waals surface area contributed by atoms with Crippen molar-refractivity contribution in [3.8, 4) is 0 Å². The van der Waals surface area contributed by atoms with Gasteiger partial charge in [-0.2, -0.15) is 0 Å². The zero-order valence-corrected chi connectivity index (χ0v) is 13.3. The minimum Gasteiger partial charge on any atom is -0.463 e. The van der Waals surface area contributed by atoms with Gasteiger partial charge in [0.25, 0.3) is 11.9 Å². The SMILES string of the molecule is CCOCCOC(=NC(C)CC)NC(=O)c1cccc(F)c1. The van der Waals surface area contributed by atoms with Crippen molar-refractivity contribution >= 4 is 11.9 Å². The maximum atomic E-state index is 13.2. The highest BCUT2D eigenvalue weighted by atomic mass is 19.1. The van der Waals surface area contributed by atoms with E-state index in [2.05, 4.69) is 10.3 Å². The Labute approximate surface area is 130 Å². The highest BCUT2D eigenvalue weighted by Gasteiger charge is 2.12. The van der Waals surface area contributed by atoms with Gasteiger partial charge in [0.2, 0.25) is 0 Å². The van der Waals surface area contributed by atoms with Gasteiger partial charge >= 0.3 is 0 Å². The minimum absolute atomic E-state index is 0.00917. The topological polar surface area (TPSA) is 59.9 Å². The summed E-state index contributed by atoms with van der Waals surface area (Å²) < 4.78 is 23.8. The first-order chi connectivity index (χ1) is 10.6. The lowest BCUT2D eigenvalue weighted by atomic mass is 10.2. The molecule has 0 spiro atoms. The molecular weight excluding hydrogens is 287 g/mol. The van der Waals surface area contributed by atoms with Crippen LogP contribution in [0.4, 0.5) is 4.39 Å². The number of rotatable bonds is 7. The third-order valence-corrected chi connectivity index (χ3v) is 2.91. The van der Waals surface area contributed by atoms with Crippen LogP contribution in [0, 0.1) is 5.82 Å². The number of halogens is 1. The van der Waals surface area contributed by atoms with Crippen molar-refractivity contribution in [2.45, 2.75) is 33.2 Å². The first-order valence-electron chi connectivity index (χ1n) is 7.42. The molecule has 0 bridgehead atoms. The lowest BCUT2D eigenvalue weighted by molar-refractivity contribution is 0.0921. The lowest BCUT2D eigenvalue weighted by Crippen LogP contribution is -2.34. The molecule has 6 heteroatoms. The number of amides is 1. The van der Waals surface area contributed by atoms with Gasteiger partial charge in [-0.15, -0.1) is 0 Å². The van der Waals surface area contributed by atoms with Crippen molar-refractivity contribution in [1.82, 2.24) is 5.32 Å². The number of nitrogens with one attached hydrogen (secondary N) is 1. The Bertz CT molecular complexity index is 506. The Morgan fingerprint density at radius 2 is 2.14 bits per heavy atom. The van der Waals surface area contributed by atoms with Crippen LogP contribution in [0.1, 0.15) is 37.6 Å². The standard InChI is InChI=1S/C16H23FN2O3/c1-4-12(3)18-16(22-10-9-21-5-2)19-15(20)13-7-6-8-14(17)11-13/h6-8,11-12H,4-5,9-10H2,1-3H3,(H,18,19,20). The number of hydrogen-bond acceptors (Lipinski definition) is 4. The molecule has 0 aliphatic heterocycles. The first kappa shape index (κ1) is 18.1. The van der Waals surface area contributed by atoms with Gasteiger partial charge in [0.1, 0.15) is 12.4 Å². The van der Waals surface area contributed by atoms with Crippen LogP contribution in [0.15, 0.2) is 29.3 Å². The minimum atomic E-state index is -0.467. The van der Waals surface area contributed by atoms with Crippen LogP contribution in [0.5, 0.6) is 0 Å². The van der Waals surface area contributed by atoms with Gasteiger partial charge in [0.05, 0.1) is 12.6 Å². The molecule has 1 unspecified atom stereocenters. The quantitative estimate of drug-likeness (QED) is 0.478. The molecule has 0 aliphatic rings. The molecule has 0 aromatic heterocycles. The predicted molar refractivity (Wildman–Crippen MR) is 83.5 cm³/mol. The molecular formula is C16H23FN2O3. The summed E-state index contributed by atoms with van der Waals surface area (Å²) in [5, 5.41) is 2.57. The molecule has 1 atom stereocenters. The Morgan fingerprint density at radius 1 is 1.36 bits per heavy atom. The summed E-state index contributed by atoms with van der Waals surface area (Å²) in [4.78, 5) is 16.4. The van der Waals surface area contributed by atoms with Crippen molar-refractivity contribution in [3.05, 3.63) is 35.6 Å². The average Bonchev–Trinajstić information content (AvgIpc) is 2.51. The second kappa shape index (κ2) is 9.89. The maximum absolute atomic E-state index is 13.2. The first-order valence-corrected chi connectivity index (χ1v) is 7.42. The van der Waals surface area contributed by atoms with Crippen LogP contribution in [0.3, 0.4) is 0 Å². The number of aliphatic imine (C=N–C) groups is 1. The fraction of sp³-hybridized carbons (Fsp3) is 0.500. The number of carbonyl (C=O) groups is 1. The Balaban J connectivity index is 2.70. The molecule has 1 rings (SSSR count). The molecule has 1 amide bonds. The van der Waals surface area contributed by atoms with E-state index in [1.165, 1.54) is 18.2 Å². The molecule has 0 radical (unpaired) electrons. The third kappa shape index (κ3) is 6.67. The fourth-order valence-corrected chi connectivity index (χ4v) is 1.54. The van der Waals surface area contributed by atoms with Crippen LogP contribution in [0.2, 0.25) is 0 Å². The third-order valence-electron chi connectivity index (χ3n) is 2.91. The van der Waals surface area contributed by atoms with Gasteiger partial charge in [0, 0.05) is 12.2 Å². The summed E-state index contributed by atoms with van der Waals surface area (Å²) in [6.07, 6.45) is 0.814. The molecule has 0 saturated carbocycles. The predicted octanol–water partition coefficient (Wildman–Crippen LogP) is 2.76. The van der Waals surface area contributed by atoms with E-state index in [0.29, 0.717) is 13.2 Å². The van der Waals surface area contributed by atoms with Crippen LogP contribution >= 0.6 is 0 Å². The molecule has 0 heterocycles. The molecule has 1 aromatic rings. The second-order valence-corrected chi connectivity index (χ2v) is 4.70. The molecule has 1 aromatic carbocycles. The normalized spacial score (nSPS) is 12.8. The molecule has 0 saturated heterocycles. The largest absolute Gasteiger partial charge is 0.463 e. The van der Waals surface area contributed by atoms with E-state index in [-0.39, 0.29) is 24.2 Å². The van der Waals surface area contributed by atoms with Crippen molar-refractivity contribution < 1.29 is 18.7 Å². The van der Waals surface area contributed by atoms with E-state index in [4.69, 9.17) is 9.47 Å². The van der Waals surface area contributed by atoms with E-state index in [1.807, 2.05) is 20.8 Å². The van der Waals surface area contributed by atoms with Crippen molar-refractivity contribution in [1.29, 1.82) is 0 Å². The molecule has 0 aliphatic carbocycles. The molecule has 5 nitrogen and oxygen atoms in total. The van der Waals surface area contributed by atoms with Crippen LogP contribution in [-0.2, 0) is 9.47 Å². The molecule has 1 N–H and O–H groups in total. The molecule has 122 valence electrons. The van der Waals surface area contributed by atoms with E-state index >= 15 is 0 Å². The average molecular weight is 310 g/mol. The van der Waals surface area contributed by atoms with E-state index in [9.17, 15) is 9.18 Å². The summed E-state index contributed by atoms with van der Waals surface area (Å²) in [5.74, 6) is -0.928. The van der Waals surface area contributed by atoms with E-state index < -0.39 is 11.7 Å². The lowest BCUT2D eigenvalue weighted by Gasteiger charge is -2.13. The number of benzene rings is 1. The fourth-order valence-electron chi connectivity index (χ4n) is 1.54. The highest BCUT2D eigenvalue weighted by molar-refractivity contribution is 6.04. The van der Waals surface area contributed by atoms with Crippen molar-refractivity contribution in [2.24, 2.45) is 4.99 Å². The summed E-state index contributed by atoms with van der Waals surface area (Å²) in [6, 6.07) is 5.59. The Hall–Kier alpha value is -1.95. The van der Waals surface area contributed by atoms with Crippen molar-refractivity contribution in [2.75, 3.05) is 19.8 Å². The number of nitrogens with zero attached hydrogens (tertiary/aromatic N) is 1. The van der Waals surface area contributed by atoms with Gasteiger partial charge < -0.3 is 9.47 Å². The monoisotopic (exact) mass is 310 g/mol. The summed E-state index contributed by atoms with van der Waals surface area (Å²) >= 11 is 0. The van der Waals surface area contributed by atoms with Gasteiger partial charge in [-0.1, -0.05) is 13.0 Å². The summed E-state index contributed by atoms with van der Waals surface area (Å²) in [5.41, 5.74) is 0.213.